The van der Waals surface area contributed by atoms with E-state index in [1.807, 2.05) is 25.3 Å². The van der Waals surface area contributed by atoms with E-state index >= 15 is 0 Å². The van der Waals surface area contributed by atoms with E-state index in [2.05, 4.69) is 0 Å². The molecule has 0 saturated heterocycles. The van der Waals surface area contributed by atoms with Crippen molar-refractivity contribution in [2.24, 2.45) is 0 Å². The van der Waals surface area contributed by atoms with Crippen molar-refractivity contribution in [1.82, 2.24) is 0 Å². The molecule has 0 N–H and O–H groups in total. The van der Waals surface area contributed by atoms with Crippen LogP contribution < -0.4 is 0 Å². The molecule has 2 rings (SSSR count). The Morgan fingerprint density at radius 1 is 1.33 bits per heavy atom. The van der Waals surface area contributed by atoms with Crippen molar-refractivity contribution in [3.63, 3.8) is 0 Å². The molecule has 0 unspecified atom stereocenters. The minimum atomic E-state index is -0.381. The Labute approximate surface area is 126 Å². The average molecular weight is 301 g/mol. The molecule has 1 heterocycles. The normalized spacial score (nSPS) is 11.2. The molecule has 0 spiro atoms. The standard InChI is InChI=1S/C16H15NO3S/c1-11(2)13-7-5-12(10-14(13)17(19)20)6-8-15(18)16-4-3-9-21-16/h3-11H,1-2H3. The van der Waals surface area contributed by atoms with Crippen LogP contribution in [-0.4, -0.2) is 10.7 Å². The second kappa shape index (κ2) is 6.45. The zero-order valence-corrected chi connectivity index (χ0v) is 12.6. The van der Waals surface area contributed by atoms with Gasteiger partial charge in [-0.25, -0.2) is 0 Å². The number of carbonyl (C=O) groups excluding carboxylic acids is 1. The molecular formula is C16H15NO3S. The van der Waals surface area contributed by atoms with E-state index < -0.39 is 0 Å². The van der Waals surface area contributed by atoms with E-state index in [1.165, 1.54) is 23.5 Å². The summed E-state index contributed by atoms with van der Waals surface area (Å²) in [5.41, 5.74) is 1.44. The van der Waals surface area contributed by atoms with Gasteiger partial charge in [-0.3, -0.25) is 14.9 Å². The minimum absolute atomic E-state index is 0.0798. The molecule has 21 heavy (non-hydrogen) atoms. The molecule has 2 aromatic rings. The van der Waals surface area contributed by atoms with E-state index in [4.69, 9.17) is 0 Å². The van der Waals surface area contributed by atoms with E-state index in [0.717, 1.165) is 0 Å². The quantitative estimate of drug-likeness (QED) is 0.349. The van der Waals surface area contributed by atoms with E-state index in [0.29, 0.717) is 16.0 Å². The van der Waals surface area contributed by atoms with Crippen LogP contribution in [0.1, 0.15) is 40.6 Å². The van der Waals surface area contributed by atoms with E-state index in [-0.39, 0.29) is 22.3 Å². The average Bonchev–Trinajstić information content (AvgIpc) is 2.98. The summed E-state index contributed by atoms with van der Waals surface area (Å²) in [7, 11) is 0. The molecule has 108 valence electrons. The Morgan fingerprint density at radius 2 is 2.10 bits per heavy atom. The highest BCUT2D eigenvalue weighted by Gasteiger charge is 2.16. The Hall–Kier alpha value is -2.27. The summed E-state index contributed by atoms with van der Waals surface area (Å²) >= 11 is 1.37. The number of ketones is 1. The summed E-state index contributed by atoms with van der Waals surface area (Å²) in [6.45, 7) is 3.83. The topological polar surface area (TPSA) is 60.2 Å². The van der Waals surface area contributed by atoms with Crippen molar-refractivity contribution in [3.8, 4) is 0 Å². The first-order valence-corrected chi connectivity index (χ1v) is 7.41. The molecule has 0 atom stereocenters. The monoisotopic (exact) mass is 301 g/mol. The number of nitro groups is 1. The predicted octanol–water partition coefficient (Wildman–Crippen LogP) is 4.68. The highest BCUT2D eigenvalue weighted by atomic mass is 32.1. The number of nitrogens with zero attached hydrogens (tertiary/aromatic N) is 1. The number of hydrogen-bond donors (Lipinski definition) is 0. The molecule has 0 radical (unpaired) electrons. The first-order chi connectivity index (χ1) is 9.99. The highest BCUT2D eigenvalue weighted by Crippen LogP contribution is 2.27. The number of benzene rings is 1. The third-order valence-electron chi connectivity index (χ3n) is 3.06. The molecule has 1 aromatic carbocycles. The predicted molar refractivity (Wildman–Crippen MR) is 84.9 cm³/mol. The van der Waals surface area contributed by atoms with Gasteiger partial charge in [-0.2, -0.15) is 0 Å². The van der Waals surface area contributed by atoms with Crippen LogP contribution in [0, 0.1) is 10.1 Å². The molecule has 0 aliphatic carbocycles. The van der Waals surface area contributed by atoms with Gasteiger partial charge in [-0.1, -0.05) is 38.1 Å². The second-order valence-electron chi connectivity index (χ2n) is 4.90. The van der Waals surface area contributed by atoms with Crippen LogP contribution in [-0.2, 0) is 0 Å². The number of hydrogen-bond acceptors (Lipinski definition) is 4. The van der Waals surface area contributed by atoms with Gasteiger partial charge in [-0.05, 0) is 29.0 Å². The molecule has 0 aliphatic rings. The molecular weight excluding hydrogens is 286 g/mol. The maximum absolute atomic E-state index is 11.9. The van der Waals surface area contributed by atoms with Crippen LogP contribution in [0.15, 0.2) is 41.8 Å². The fraction of sp³-hybridized carbons (Fsp3) is 0.188. The van der Waals surface area contributed by atoms with Gasteiger partial charge < -0.3 is 0 Å². The molecule has 0 saturated carbocycles. The van der Waals surface area contributed by atoms with Gasteiger partial charge in [0.2, 0.25) is 0 Å². The minimum Gasteiger partial charge on any atom is -0.288 e. The lowest BCUT2D eigenvalue weighted by Crippen LogP contribution is -1.97. The van der Waals surface area contributed by atoms with Gasteiger partial charge in [0.05, 0.1) is 9.80 Å². The number of carbonyl (C=O) groups is 1. The zero-order chi connectivity index (χ0) is 15.4. The van der Waals surface area contributed by atoms with Crippen LogP contribution in [0.3, 0.4) is 0 Å². The number of thiophene rings is 1. The fourth-order valence-electron chi connectivity index (χ4n) is 1.98. The van der Waals surface area contributed by atoms with E-state index in [1.54, 1.807) is 24.3 Å². The number of nitro benzene ring substituents is 1. The first-order valence-electron chi connectivity index (χ1n) is 6.53. The molecule has 0 bridgehead atoms. The molecule has 0 aliphatic heterocycles. The van der Waals surface area contributed by atoms with Gasteiger partial charge in [0.15, 0.2) is 5.78 Å². The van der Waals surface area contributed by atoms with E-state index in [9.17, 15) is 14.9 Å². The van der Waals surface area contributed by atoms with Crippen LogP contribution in [0.5, 0.6) is 0 Å². The van der Waals surface area contributed by atoms with Crippen molar-refractivity contribution < 1.29 is 9.72 Å². The van der Waals surface area contributed by atoms with Gasteiger partial charge >= 0.3 is 0 Å². The maximum atomic E-state index is 11.9. The third-order valence-corrected chi connectivity index (χ3v) is 3.95. The van der Waals surface area contributed by atoms with Crippen LogP contribution >= 0.6 is 11.3 Å². The Bertz CT molecular complexity index is 688. The molecule has 0 fully saturated rings. The Kier molecular flexibility index (Phi) is 4.65. The summed E-state index contributed by atoms with van der Waals surface area (Å²) in [6, 6.07) is 8.61. The van der Waals surface area contributed by atoms with Gasteiger partial charge in [0, 0.05) is 11.6 Å². The van der Waals surface area contributed by atoms with Crippen molar-refractivity contribution in [2.75, 3.05) is 0 Å². The van der Waals surface area contributed by atoms with Crippen LogP contribution in [0.2, 0.25) is 0 Å². The fourth-order valence-corrected chi connectivity index (χ4v) is 2.63. The molecule has 1 aromatic heterocycles. The zero-order valence-electron chi connectivity index (χ0n) is 11.8. The van der Waals surface area contributed by atoms with Crippen LogP contribution in [0.4, 0.5) is 5.69 Å². The maximum Gasteiger partial charge on any atom is 0.273 e. The summed E-state index contributed by atoms with van der Waals surface area (Å²) in [6.07, 6.45) is 3.05. The molecule has 4 nitrogen and oxygen atoms in total. The lowest BCUT2D eigenvalue weighted by molar-refractivity contribution is -0.385. The summed E-state index contributed by atoms with van der Waals surface area (Å²) in [5, 5.41) is 13.0. The highest BCUT2D eigenvalue weighted by molar-refractivity contribution is 7.12. The lowest BCUT2D eigenvalue weighted by atomic mass is 9.99. The van der Waals surface area contributed by atoms with Crippen molar-refractivity contribution >= 4 is 28.9 Å². The third kappa shape index (κ3) is 3.64. The summed E-state index contributed by atoms with van der Waals surface area (Å²) < 4.78 is 0. The van der Waals surface area contributed by atoms with Crippen molar-refractivity contribution in [1.29, 1.82) is 0 Å². The Balaban J connectivity index is 2.27. The second-order valence-corrected chi connectivity index (χ2v) is 5.85. The lowest BCUT2D eigenvalue weighted by Gasteiger charge is -2.06. The van der Waals surface area contributed by atoms with Gasteiger partial charge in [-0.15, -0.1) is 11.3 Å². The number of allylic oxidation sites excluding steroid dienone is 1. The van der Waals surface area contributed by atoms with Gasteiger partial charge in [0.1, 0.15) is 0 Å². The summed E-state index contributed by atoms with van der Waals surface area (Å²) in [5.74, 6) is -0.0169. The molecule has 5 heteroatoms. The largest absolute Gasteiger partial charge is 0.288 e. The summed E-state index contributed by atoms with van der Waals surface area (Å²) in [4.78, 5) is 23.3. The first kappa shape index (κ1) is 15.1. The van der Waals surface area contributed by atoms with Crippen molar-refractivity contribution in [3.05, 3.63) is 67.9 Å². The Morgan fingerprint density at radius 3 is 2.67 bits per heavy atom. The number of rotatable bonds is 5. The van der Waals surface area contributed by atoms with Crippen molar-refractivity contribution in [2.45, 2.75) is 19.8 Å². The van der Waals surface area contributed by atoms with Crippen LogP contribution in [0.25, 0.3) is 6.08 Å². The molecule has 0 amide bonds. The SMILES string of the molecule is CC(C)c1ccc(C=CC(=O)c2cccs2)cc1[N+](=O)[O-]. The smallest absolute Gasteiger partial charge is 0.273 e. The van der Waals surface area contributed by atoms with Gasteiger partial charge in [0.25, 0.3) is 5.69 Å².